The van der Waals surface area contributed by atoms with Crippen LogP contribution in [-0.2, 0) is 9.59 Å². The van der Waals surface area contributed by atoms with E-state index >= 15 is 0 Å². The number of hydrogen-bond acceptors (Lipinski definition) is 3. The quantitative estimate of drug-likeness (QED) is 0.865. The molecule has 0 aromatic heterocycles. The summed E-state index contributed by atoms with van der Waals surface area (Å²) in [7, 11) is 0. The van der Waals surface area contributed by atoms with Gasteiger partial charge in [-0.25, -0.2) is 0 Å². The van der Waals surface area contributed by atoms with Crippen LogP contribution in [0.4, 0.5) is 0 Å². The maximum atomic E-state index is 12.7. The zero-order valence-electron chi connectivity index (χ0n) is 12.7. The second-order valence-corrected chi connectivity index (χ2v) is 6.97. The van der Waals surface area contributed by atoms with Crippen molar-refractivity contribution in [1.29, 1.82) is 0 Å². The molecule has 0 radical (unpaired) electrons. The van der Waals surface area contributed by atoms with E-state index in [1.165, 1.54) is 6.42 Å². The molecule has 4 atom stereocenters. The van der Waals surface area contributed by atoms with Crippen LogP contribution in [0, 0.1) is 0 Å². The fourth-order valence-electron chi connectivity index (χ4n) is 3.46. The van der Waals surface area contributed by atoms with Gasteiger partial charge in [-0.1, -0.05) is 26.2 Å². The van der Waals surface area contributed by atoms with Crippen molar-refractivity contribution in [3.63, 3.8) is 0 Å². The minimum atomic E-state index is -0.326. The lowest BCUT2D eigenvalue weighted by atomic mass is 9.90. The van der Waals surface area contributed by atoms with Gasteiger partial charge >= 0.3 is 0 Å². The van der Waals surface area contributed by atoms with Crippen molar-refractivity contribution < 1.29 is 9.59 Å². The predicted octanol–water partition coefficient (Wildman–Crippen LogP) is 2.18. The maximum Gasteiger partial charge on any atom is 0.246 e. The Morgan fingerprint density at radius 2 is 2.00 bits per heavy atom. The number of piperazine rings is 1. The molecule has 0 spiro atoms. The Balaban J connectivity index is 2.21. The number of rotatable bonds is 4. The van der Waals surface area contributed by atoms with Gasteiger partial charge in [0, 0.05) is 11.3 Å². The van der Waals surface area contributed by atoms with Crippen LogP contribution in [0.5, 0.6) is 0 Å². The summed E-state index contributed by atoms with van der Waals surface area (Å²) in [4.78, 5) is 26.8. The van der Waals surface area contributed by atoms with E-state index in [0.29, 0.717) is 5.25 Å². The summed E-state index contributed by atoms with van der Waals surface area (Å²) in [6.07, 6.45) is 8.36. The van der Waals surface area contributed by atoms with E-state index in [2.05, 4.69) is 11.6 Å². The normalized spacial score (nSPS) is 35.0. The van der Waals surface area contributed by atoms with Gasteiger partial charge in [-0.3, -0.25) is 9.59 Å². The third-order valence-electron chi connectivity index (χ3n) is 4.57. The zero-order chi connectivity index (χ0) is 14.7. The molecule has 2 amide bonds. The standard InChI is InChI=1S/C15H26N2O2S/c1-4-7-11-15(19)17(10(2)14(18)16-11)12-8-5-6-9-13(12)20-3/h10-13H,4-9H2,1-3H3,(H,16,18). The fraction of sp³-hybridized carbons (Fsp3) is 0.867. The highest BCUT2D eigenvalue weighted by atomic mass is 32.2. The molecular weight excluding hydrogens is 272 g/mol. The van der Waals surface area contributed by atoms with Gasteiger partial charge in [-0.15, -0.1) is 0 Å². The van der Waals surface area contributed by atoms with Crippen molar-refractivity contribution in [2.75, 3.05) is 6.26 Å². The Bertz CT molecular complexity index is 375. The van der Waals surface area contributed by atoms with E-state index in [9.17, 15) is 9.59 Å². The molecule has 2 aliphatic rings. The van der Waals surface area contributed by atoms with E-state index in [4.69, 9.17) is 0 Å². The third-order valence-corrected chi connectivity index (χ3v) is 5.73. The van der Waals surface area contributed by atoms with Crippen LogP contribution in [0.15, 0.2) is 0 Å². The fourth-order valence-corrected chi connectivity index (χ4v) is 4.44. The van der Waals surface area contributed by atoms with E-state index < -0.39 is 0 Å². The van der Waals surface area contributed by atoms with Gasteiger partial charge in [0.05, 0.1) is 0 Å². The molecule has 1 saturated heterocycles. The average Bonchev–Trinajstić information content (AvgIpc) is 2.46. The maximum absolute atomic E-state index is 12.7. The molecule has 1 N–H and O–H groups in total. The Hall–Kier alpha value is -0.710. The van der Waals surface area contributed by atoms with Gasteiger partial charge in [-0.2, -0.15) is 11.8 Å². The van der Waals surface area contributed by atoms with E-state index in [1.807, 2.05) is 30.5 Å². The van der Waals surface area contributed by atoms with Crippen LogP contribution < -0.4 is 5.32 Å². The van der Waals surface area contributed by atoms with Crippen LogP contribution in [0.1, 0.15) is 52.4 Å². The monoisotopic (exact) mass is 298 g/mol. The van der Waals surface area contributed by atoms with Crippen molar-refractivity contribution in [3.8, 4) is 0 Å². The van der Waals surface area contributed by atoms with E-state index in [1.54, 1.807) is 0 Å². The van der Waals surface area contributed by atoms with E-state index in [-0.39, 0.29) is 29.9 Å². The predicted molar refractivity (Wildman–Crippen MR) is 82.7 cm³/mol. The number of nitrogens with zero attached hydrogens (tertiary/aromatic N) is 1. The molecule has 0 aromatic rings. The number of hydrogen-bond donors (Lipinski definition) is 1. The number of amides is 2. The molecule has 0 aromatic carbocycles. The first kappa shape index (κ1) is 15.7. The first-order chi connectivity index (χ1) is 9.60. The number of thioether (sulfide) groups is 1. The minimum absolute atomic E-state index is 0.00785. The summed E-state index contributed by atoms with van der Waals surface area (Å²) < 4.78 is 0. The summed E-state index contributed by atoms with van der Waals surface area (Å²) in [5, 5.41) is 3.36. The van der Waals surface area contributed by atoms with Gasteiger partial charge in [0.1, 0.15) is 12.1 Å². The molecular formula is C15H26N2O2S. The van der Waals surface area contributed by atoms with Crippen molar-refractivity contribution >= 4 is 23.6 Å². The SMILES string of the molecule is CCCC1NC(=O)C(C)N(C2CCCCC2SC)C1=O. The topological polar surface area (TPSA) is 49.4 Å². The van der Waals surface area contributed by atoms with E-state index in [0.717, 1.165) is 32.1 Å². The number of carbonyl (C=O) groups excluding carboxylic acids is 2. The smallest absolute Gasteiger partial charge is 0.246 e. The summed E-state index contributed by atoms with van der Waals surface area (Å²) in [6.45, 7) is 3.91. The number of nitrogens with one attached hydrogen (secondary N) is 1. The van der Waals surface area contributed by atoms with Crippen LogP contribution >= 0.6 is 11.8 Å². The van der Waals surface area contributed by atoms with Gasteiger partial charge in [-0.05, 0) is 32.4 Å². The molecule has 4 unspecified atom stereocenters. The molecule has 2 fully saturated rings. The summed E-state index contributed by atoms with van der Waals surface area (Å²) in [5.41, 5.74) is 0. The lowest BCUT2D eigenvalue weighted by Crippen LogP contribution is -2.66. The van der Waals surface area contributed by atoms with Crippen molar-refractivity contribution in [2.24, 2.45) is 0 Å². The van der Waals surface area contributed by atoms with Crippen LogP contribution in [0.25, 0.3) is 0 Å². The van der Waals surface area contributed by atoms with Crippen LogP contribution in [-0.4, -0.2) is 46.3 Å². The Kier molecular flexibility index (Phi) is 5.35. The first-order valence-electron chi connectivity index (χ1n) is 7.75. The van der Waals surface area contributed by atoms with Crippen molar-refractivity contribution in [3.05, 3.63) is 0 Å². The molecule has 1 aliphatic carbocycles. The number of carbonyl (C=O) groups is 2. The van der Waals surface area contributed by atoms with Gasteiger partial charge in [0.15, 0.2) is 0 Å². The summed E-state index contributed by atoms with van der Waals surface area (Å²) in [5.74, 6) is 0.137. The highest BCUT2D eigenvalue weighted by Crippen LogP contribution is 2.33. The molecule has 1 aliphatic heterocycles. The summed E-state index contributed by atoms with van der Waals surface area (Å²) >= 11 is 1.84. The Morgan fingerprint density at radius 3 is 2.65 bits per heavy atom. The third kappa shape index (κ3) is 2.97. The Morgan fingerprint density at radius 1 is 1.30 bits per heavy atom. The molecule has 2 rings (SSSR count). The first-order valence-corrected chi connectivity index (χ1v) is 9.04. The lowest BCUT2D eigenvalue weighted by Gasteiger charge is -2.46. The molecule has 5 heteroatoms. The van der Waals surface area contributed by atoms with Crippen molar-refractivity contribution in [1.82, 2.24) is 10.2 Å². The average molecular weight is 298 g/mol. The zero-order valence-corrected chi connectivity index (χ0v) is 13.5. The van der Waals surface area contributed by atoms with Gasteiger partial charge < -0.3 is 10.2 Å². The lowest BCUT2D eigenvalue weighted by molar-refractivity contribution is -0.152. The van der Waals surface area contributed by atoms with Crippen molar-refractivity contribution in [2.45, 2.75) is 75.7 Å². The second kappa shape index (κ2) is 6.83. The highest BCUT2D eigenvalue weighted by molar-refractivity contribution is 7.99. The molecule has 4 nitrogen and oxygen atoms in total. The highest BCUT2D eigenvalue weighted by Gasteiger charge is 2.43. The minimum Gasteiger partial charge on any atom is -0.343 e. The Labute approximate surface area is 126 Å². The second-order valence-electron chi connectivity index (χ2n) is 5.90. The van der Waals surface area contributed by atoms with Crippen LogP contribution in [0.3, 0.4) is 0 Å². The largest absolute Gasteiger partial charge is 0.343 e. The molecule has 114 valence electrons. The van der Waals surface area contributed by atoms with Crippen LogP contribution in [0.2, 0.25) is 0 Å². The van der Waals surface area contributed by atoms with Gasteiger partial charge in [0.2, 0.25) is 11.8 Å². The van der Waals surface area contributed by atoms with Gasteiger partial charge in [0.25, 0.3) is 0 Å². The molecule has 1 saturated carbocycles. The molecule has 0 bridgehead atoms. The molecule has 20 heavy (non-hydrogen) atoms. The summed E-state index contributed by atoms with van der Waals surface area (Å²) in [6, 6.07) is -0.409. The molecule has 1 heterocycles.